The number of carbonyl (C=O) groups is 4. The zero-order chi connectivity index (χ0) is 29.9. The lowest BCUT2D eigenvalue weighted by Gasteiger charge is -2.26. The van der Waals surface area contributed by atoms with Gasteiger partial charge in [0.15, 0.2) is 5.78 Å². The van der Waals surface area contributed by atoms with Crippen molar-refractivity contribution in [3.8, 4) is 0 Å². The summed E-state index contributed by atoms with van der Waals surface area (Å²) in [6.45, 7) is -1.36. The van der Waals surface area contributed by atoms with Gasteiger partial charge >= 0.3 is 12.4 Å². The Bertz CT molecular complexity index is 1240. The minimum absolute atomic E-state index is 0.103. The number of ketones is 1. The van der Waals surface area contributed by atoms with Crippen molar-refractivity contribution in [2.45, 2.75) is 62.6 Å². The molecule has 3 amide bonds. The molecule has 1 saturated heterocycles. The Morgan fingerprint density at radius 3 is 2.22 bits per heavy atom. The van der Waals surface area contributed by atoms with Gasteiger partial charge in [0, 0.05) is 23.4 Å². The maximum Gasteiger partial charge on any atom is 0.423 e. The van der Waals surface area contributed by atoms with Gasteiger partial charge in [0.1, 0.15) is 18.3 Å². The Hall–Kier alpha value is -3.62. The van der Waals surface area contributed by atoms with Crippen molar-refractivity contribution < 1.29 is 50.3 Å². The maximum absolute atomic E-state index is 13.3. The largest absolute Gasteiger partial charge is 0.423 e. The third-order valence-electron chi connectivity index (χ3n) is 7.04. The highest BCUT2D eigenvalue weighted by Gasteiger charge is 2.58. The van der Waals surface area contributed by atoms with Crippen molar-refractivity contribution in [1.29, 1.82) is 0 Å². The van der Waals surface area contributed by atoms with Crippen molar-refractivity contribution in [2.75, 3.05) is 13.2 Å². The molecule has 0 bridgehead atoms. The highest BCUT2D eigenvalue weighted by Crippen LogP contribution is 2.36. The first-order valence-corrected chi connectivity index (χ1v) is 13.0. The lowest BCUT2D eigenvalue weighted by Crippen LogP contribution is -2.53. The van der Waals surface area contributed by atoms with Crippen LogP contribution in [-0.4, -0.2) is 72.2 Å². The number of hydrogen-bond acceptors (Lipinski definition) is 5. The third-order valence-corrected chi connectivity index (χ3v) is 7.04. The van der Waals surface area contributed by atoms with Crippen LogP contribution in [0.4, 0.5) is 26.3 Å². The van der Waals surface area contributed by atoms with E-state index in [1.54, 1.807) is 30.3 Å². The van der Waals surface area contributed by atoms with Gasteiger partial charge in [-0.15, -0.1) is 0 Å². The Labute approximate surface area is 229 Å². The molecular formula is C26H28F6N4O5. The first-order valence-electron chi connectivity index (χ1n) is 13.0. The Morgan fingerprint density at radius 1 is 0.951 bits per heavy atom. The normalized spacial score (nSPS) is 19.2. The maximum atomic E-state index is 13.3. The molecule has 2 aliphatic rings. The summed E-state index contributed by atoms with van der Waals surface area (Å²) in [7, 11) is 0. The highest BCUT2D eigenvalue weighted by molar-refractivity contribution is 6.01. The van der Waals surface area contributed by atoms with Crippen LogP contribution in [0.2, 0.25) is 0 Å². The standard InChI is InChI=1S/C26H28F6N4O5/c27-25(28,29)24(26(30,31)32)41-12-20(37)17(11-15-7-8-33-21(15)38)35-22(39)18(9-13-5-6-13)36-23(40)19-10-14-3-1-2-4-16(14)34-19/h1-4,10,13,15,17-18,24,34H,5-9,11-12H2,(H,33,38)(H,35,39)(H,36,40). The van der Waals surface area contributed by atoms with Crippen LogP contribution in [0.25, 0.3) is 10.9 Å². The molecule has 2 aromatic rings. The second-order valence-corrected chi connectivity index (χ2v) is 10.3. The van der Waals surface area contributed by atoms with Crippen LogP contribution in [0.5, 0.6) is 0 Å². The van der Waals surface area contributed by atoms with Gasteiger partial charge in [-0.2, -0.15) is 26.3 Å². The summed E-state index contributed by atoms with van der Waals surface area (Å²) in [5, 5.41) is 8.21. The van der Waals surface area contributed by atoms with Gasteiger partial charge in [0.2, 0.25) is 17.9 Å². The fraction of sp³-hybridized carbons (Fsp3) is 0.538. The molecule has 1 aromatic heterocycles. The minimum Gasteiger partial charge on any atom is -0.356 e. The minimum atomic E-state index is -5.83. The van der Waals surface area contributed by atoms with E-state index in [2.05, 4.69) is 25.7 Å². The number of para-hydroxylation sites is 1. The summed E-state index contributed by atoms with van der Waals surface area (Å²) < 4.78 is 81.3. The number of halogens is 6. The van der Waals surface area contributed by atoms with E-state index in [1.165, 1.54) is 0 Å². The number of aromatic nitrogens is 1. The Balaban J connectivity index is 1.48. The van der Waals surface area contributed by atoms with Crippen molar-refractivity contribution in [3.63, 3.8) is 0 Å². The molecule has 4 rings (SSSR count). The fourth-order valence-electron chi connectivity index (χ4n) is 4.69. The van der Waals surface area contributed by atoms with Crippen LogP contribution in [0.1, 0.15) is 42.6 Å². The van der Waals surface area contributed by atoms with Crippen LogP contribution in [0, 0.1) is 11.8 Å². The quantitative estimate of drug-likeness (QED) is 0.283. The fourth-order valence-corrected chi connectivity index (χ4v) is 4.69. The molecule has 1 aliphatic heterocycles. The molecule has 9 nitrogen and oxygen atoms in total. The molecule has 0 radical (unpaired) electrons. The highest BCUT2D eigenvalue weighted by atomic mass is 19.4. The van der Waals surface area contributed by atoms with E-state index in [1.807, 2.05) is 0 Å². The number of benzene rings is 1. The van der Waals surface area contributed by atoms with Crippen molar-refractivity contribution in [2.24, 2.45) is 11.8 Å². The molecule has 3 atom stereocenters. The number of hydrogen-bond donors (Lipinski definition) is 4. The smallest absolute Gasteiger partial charge is 0.356 e. The van der Waals surface area contributed by atoms with Gasteiger partial charge in [-0.05, 0) is 37.3 Å². The molecule has 3 unspecified atom stereocenters. The molecule has 15 heteroatoms. The summed E-state index contributed by atoms with van der Waals surface area (Å²) in [5.41, 5.74) is 0.839. The second-order valence-electron chi connectivity index (χ2n) is 10.3. The average Bonchev–Trinajstić information content (AvgIpc) is 3.44. The van der Waals surface area contributed by atoms with Crippen molar-refractivity contribution in [1.82, 2.24) is 20.9 Å². The van der Waals surface area contributed by atoms with E-state index in [0.29, 0.717) is 5.52 Å². The van der Waals surface area contributed by atoms with E-state index in [-0.39, 0.29) is 37.4 Å². The van der Waals surface area contributed by atoms with Gasteiger partial charge in [-0.25, -0.2) is 0 Å². The summed E-state index contributed by atoms with van der Waals surface area (Å²) in [6, 6.07) is 5.85. The lowest BCUT2D eigenvalue weighted by atomic mass is 9.95. The molecular weight excluding hydrogens is 562 g/mol. The van der Waals surface area contributed by atoms with Crippen LogP contribution in [0.15, 0.2) is 30.3 Å². The number of H-pyrrole nitrogens is 1. The average molecular weight is 591 g/mol. The summed E-state index contributed by atoms with van der Waals surface area (Å²) in [4.78, 5) is 54.1. The van der Waals surface area contributed by atoms with Crippen LogP contribution >= 0.6 is 0 Å². The molecule has 1 aliphatic carbocycles. The molecule has 41 heavy (non-hydrogen) atoms. The Morgan fingerprint density at radius 2 is 1.63 bits per heavy atom. The number of ether oxygens (including phenoxy) is 1. The van der Waals surface area contributed by atoms with Gasteiger partial charge in [0.25, 0.3) is 5.91 Å². The molecule has 2 fully saturated rings. The number of alkyl halides is 6. The zero-order valence-electron chi connectivity index (χ0n) is 21.5. The lowest BCUT2D eigenvalue weighted by molar-refractivity contribution is -0.319. The third kappa shape index (κ3) is 7.99. The van der Waals surface area contributed by atoms with Gasteiger partial charge in [-0.1, -0.05) is 31.0 Å². The molecule has 1 aromatic carbocycles. The van der Waals surface area contributed by atoms with Crippen molar-refractivity contribution in [3.05, 3.63) is 36.0 Å². The number of fused-ring (bicyclic) bond motifs is 1. The molecule has 2 heterocycles. The summed E-state index contributed by atoms with van der Waals surface area (Å²) in [6.07, 6.45) is -14.2. The molecule has 4 N–H and O–H groups in total. The first-order chi connectivity index (χ1) is 19.2. The molecule has 0 spiro atoms. The van der Waals surface area contributed by atoms with Gasteiger partial charge < -0.3 is 25.7 Å². The van der Waals surface area contributed by atoms with E-state index in [4.69, 9.17) is 0 Å². The van der Waals surface area contributed by atoms with Crippen LogP contribution in [-0.2, 0) is 19.1 Å². The van der Waals surface area contributed by atoms with E-state index >= 15 is 0 Å². The van der Waals surface area contributed by atoms with Crippen LogP contribution < -0.4 is 16.0 Å². The first kappa shape index (κ1) is 30.3. The predicted octanol–water partition coefficient (Wildman–Crippen LogP) is 3.16. The summed E-state index contributed by atoms with van der Waals surface area (Å²) in [5.74, 6) is -3.94. The van der Waals surface area contributed by atoms with E-state index in [9.17, 15) is 45.5 Å². The Kier molecular flexibility index (Phi) is 8.94. The van der Waals surface area contributed by atoms with E-state index in [0.717, 1.165) is 18.2 Å². The number of rotatable bonds is 12. The number of amides is 3. The van der Waals surface area contributed by atoms with Gasteiger partial charge in [-0.3, -0.25) is 19.2 Å². The predicted molar refractivity (Wildman–Crippen MR) is 131 cm³/mol. The van der Waals surface area contributed by atoms with Gasteiger partial charge in [0.05, 0.1) is 6.04 Å². The number of aromatic amines is 1. The van der Waals surface area contributed by atoms with Crippen LogP contribution in [0.3, 0.4) is 0 Å². The molecule has 1 saturated carbocycles. The molecule has 224 valence electrons. The zero-order valence-corrected chi connectivity index (χ0v) is 21.5. The summed E-state index contributed by atoms with van der Waals surface area (Å²) >= 11 is 0. The van der Waals surface area contributed by atoms with Crippen molar-refractivity contribution >= 4 is 34.4 Å². The number of carbonyl (C=O) groups excluding carboxylic acids is 4. The number of nitrogens with one attached hydrogen (secondary N) is 4. The second kappa shape index (κ2) is 12.1. The van der Waals surface area contributed by atoms with E-state index < -0.39 is 66.6 Å². The monoisotopic (exact) mass is 590 g/mol. The topological polar surface area (TPSA) is 129 Å². The number of Topliss-reactive ketones (excluding diaryl/α,β-unsaturated/α-hetero) is 1. The SMILES string of the molecule is O=C(NC(CC1CC1)C(=O)NC(CC1CCNC1=O)C(=O)COC(C(F)(F)F)C(F)(F)F)c1cc2ccccc2[nH]1.